The van der Waals surface area contributed by atoms with Crippen LogP contribution in [-0.4, -0.2) is 43.8 Å². The van der Waals surface area contributed by atoms with Crippen molar-refractivity contribution in [2.75, 3.05) is 32.8 Å². The summed E-state index contributed by atoms with van der Waals surface area (Å²) in [5.41, 5.74) is 6.28. The van der Waals surface area contributed by atoms with Gasteiger partial charge in [0.25, 0.3) is 0 Å². The molecule has 2 fully saturated rings. The van der Waals surface area contributed by atoms with Gasteiger partial charge in [-0.2, -0.15) is 0 Å². The molecule has 0 aromatic heterocycles. The van der Waals surface area contributed by atoms with E-state index in [2.05, 4.69) is 18.7 Å². The van der Waals surface area contributed by atoms with E-state index in [4.69, 9.17) is 10.5 Å². The summed E-state index contributed by atoms with van der Waals surface area (Å²) in [6, 6.07) is 0.214. The van der Waals surface area contributed by atoms with Crippen molar-refractivity contribution in [1.29, 1.82) is 0 Å². The summed E-state index contributed by atoms with van der Waals surface area (Å²) in [7, 11) is 0. The molecule has 1 saturated carbocycles. The highest BCUT2D eigenvalue weighted by molar-refractivity contribution is 4.93. The predicted molar refractivity (Wildman–Crippen MR) is 61.7 cm³/mol. The molecule has 1 aliphatic heterocycles. The number of hydrogen-bond acceptors (Lipinski definition) is 3. The Kier molecular flexibility index (Phi) is 3.33. The Labute approximate surface area is 93.0 Å². The van der Waals surface area contributed by atoms with Crippen LogP contribution in [0.5, 0.6) is 0 Å². The molecule has 0 aromatic carbocycles. The molecule has 2 rings (SSSR count). The molecule has 3 nitrogen and oxygen atoms in total. The second-order valence-corrected chi connectivity index (χ2v) is 5.55. The van der Waals surface area contributed by atoms with Crippen LogP contribution in [0.4, 0.5) is 0 Å². The van der Waals surface area contributed by atoms with Crippen LogP contribution in [0.25, 0.3) is 0 Å². The molecular formula is C12H24N2O. The summed E-state index contributed by atoms with van der Waals surface area (Å²) in [6.07, 6.45) is 2.85. The molecular weight excluding hydrogens is 188 g/mol. The first-order valence-electron chi connectivity index (χ1n) is 6.20. The summed E-state index contributed by atoms with van der Waals surface area (Å²) in [5.74, 6) is 0.965. The highest BCUT2D eigenvalue weighted by Gasteiger charge is 2.39. The van der Waals surface area contributed by atoms with Crippen LogP contribution in [0.2, 0.25) is 0 Å². The van der Waals surface area contributed by atoms with E-state index in [1.807, 2.05) is 0 Å². The number of ether oxygens (including phenoxy) is 1. The first kappa shape index (κ1) is 11.4. The zero-order valence-electron chi connectivity index (χ0n) is 10.0. The Morgan fingerprint density at radius 3 is 2.67 bits per heavy atom. The smallest absolute Gasteiger partial charge is 0.0624 e. The lowest BCUT2D eigenvalue weighted by molar-refractivity contribution is 0.119. The maximum Gasteiger partial charge on any atom is 0.0624 e. The fourth-order valence-electron chi connectivity index (χ4n) is 2.37. The molecule has 2 N–H and O–H groups in total. The van der Waals surface area contributed by atoms with E-state index in [1.165, 1.54) is 19.4 Å². The van der Waals surface area contributed by atoms with Gasteiger partial charge in [-0.1, -0.05) is 13.8 Å². The molecule has 88 valence electrons. The van der Waals surface area contributed by atoms with E-state index in [0.717, 1.165) is 32.2 Å². The Morgan fingerprint density at radius 2 is 2.20 bits per heavy atom. The van der Waals surface area contributed by atoms with Crippen LogP contribution >= 0.6 is 0 Å². The van der Waals surface area contributed by atoms with Gasteiger partial charge in [-0.15, -0.1) is 0 Å². The van der Waals surface area contributed by atoms with Gasteiger partial charge in [0.1, 0.15) is 0 Å². The van der Waals surface area contributed by atoms with Crippen molar-refractivity contribution >= 4 is 0 Å². The van der Waals surface area contributed by atoms with Crippen LogP contribution in [0, 0.1) is 11.3 Å². The minimum Gasteiger partial charge on any atom is -0.379 e. The average molecular weight is 212 g/mol. The molecule has 0 amide bonds. The fraction of sp³-hybridized carbons (Fsp3) is 1.00. The molecule has 1 saturated heterocycles. The maximum absolute atomic E-state index is 6.11. The molecule has 1 aliphatic carbocycles. The first-order valence-corrected chi connectivity index (χ1v) is 6.20. The number of hydrogen-bond donors (Lipinski definition) is 1. The van der Waals surface area contributed by atoms with Crippen LogP contribution < -0.4 is 5.73 Å². The van der Waals surface area contributed by atoms with E-state index < -0.39 is 0 Å². The van der Waals surface area contributed by atoms with Gasteiger partial charge in [0.15, 0.2) is 0 Å². The maximum atomic E-state index is 6.11. The molecule has 0 aromatic rings. The average Bonchev–Trinajstić information content (AvgIpc) is 2.95. The summed E-state index contributed by atoms with van der Waals surface area (Å²) >= 11 is 0. The first-order chi connectivity index (χ1) is 7.14. The van der Waals surface area contributed by atoms with Gasteiger partial charge in [0, 0.05) is 24.5 Å². The highest BCUT2D eigenvalue weighted by Crippen LogP contribution is 2.32. The molecule has 0 spiro atoms. The summed E-state index contributed by atoms with van der Waals surface area (Å²) in [4.78, 5) is 2.55. The Balaban J connectivity index is 1.86. The zero-order chi connectivity index (χ0) is 10.9. The van der Waals surface area contributed by atoms with Gasteiger partial charge in [-0.05, 0) is 25.3 Å². The number of nitrogens with zero attached hydrogens (tertiary/aromatic N) is 1. The second kappa shape index (κ2) is 4.40. The van der Waals surface area contributed by atoms with Crippen LogP contribution in [0.1, 0.15) is 26.7 Å². The summed E-state index contributed by atoms with van der Waals surface area (Å²) < 4.78 is 5.49. The van der Waals surface area contributed by atoms with Crippen molar-refractivity contribution in [3.8, 4) is 0 Å². The summed E-state index contributed by atoms with van der Waals surface area (Å²) in [5, 5.41) is 0. The third kappa shape index (κ3) is 2.71. The van der Waals surface area contributed by atoms with Crippen molar-refractivity contribution in [3.63, 3.8) is 0 Å². The van der Waals surface area contributed by atoms with Crippen molar-refractivity contribution in [3.05, 3.63) is 0 Å². The molecule has 2 aliphatic rings. The lowest BCUT2D eigenvalue weighted by Gasteiger charge is -2.33. The monoisotopic (exact) mass is 212 g/mol. The highest BCUT2D eigenvalue weighted by atomic mass is 16.5. The number of rotatable bonds is 5. The van der Waals surface area contributed by atoms with Gasteiger partial charge in [-0.3, -0.25) is 0 Å². The lowest BCUT2D eigenvalue weighted by atomic mass is 9.85. The zero-order valence-corrected chi connectivity index (χ0v) is 10.0. The molecule has 0 bridgehead atoms. The number of nitrogens with two attached hydrogens (primary N) is 1. The Morgan fingerprint density at radius 1 is 1.47 bits per heavy atom. The van der Waals surface area contributed by atoms with Crippen molar-refractivity contribution < 1.29 is 4.74 Å². The molecule has 15 heavy (non-hydrogen) atoms. The molecule has 1 heterocycles. The standard InChI is InChI=1S/C12H24N2O/c1-3-14(6-10-4-5-10)8-12(2)9-15-7-11(12)13/h10-11H,3-9,13H2,1-2H3. The molecule has 0 radical (unpaired) electrons. The van der Waals surface area contributed by atoms with E-state index in [1.54, 1.807) is 0 Å². The topological polar surface area (TPSA) is 38.5 Å². The largest absolute Gasteiger partial charge is 0.379 e. The van der Waals surface area contributed by atoms with Gasteiger partial charge >= 0.3 is 0 Å². The van der Waals surface area contributed by atoms with Crippen LogP contribution in [0.15, 0.2) is 0 Å². The second-order valence-electron chi connectivity index (χ2n) is 5.55. The third-order valence-electron chi connectivity index (χ3n) is 3.87. The SMILES string of the molecule is CCN(CC1CC1)CC1(C)COCC1N. The van der Waals surface area contributed by atoms with E-state index >= 15 is 0 Å². The minimum atomic E-state index is 0.172. The van der Waals surface area contributed by atoms with Crippen molar-refractivity contribution in [2.24, 2.45) is 17.1 Å². The molecule has 2 atom stereocenters. The molecule has 3 heteroatoms. The predicted octanol–water partition coefficient (Wildman–Crippen LogP) is 1.08. The van der Waals surface area contributed by atoms with Crippen molar-refractivity contribution in [1.82, 2.24) is 4.90 Å². The van der Waals surface area contributed by atoms with Crippen molar-refractivity contribution in [2.45, 2.75) is 32.7 Å². The van der Waals surface area contributed by atoms with E-state index in [0.29, 0.717) is 0 Å². The van der Waals surface area contributed by atoms with Gasteiger partial charge in [0.2, 0.25) is 0 Å². The van der Waals surface area contributed by atoms with Gasteiger partial charge in [-0.25, -0.2) is 0 Å². The third-order valence-corrected chi connectivity index (χ3v) is 3.87. The minimum absolute atomic E-state index is 0.172. The van der Waals surface area contributed by atoms with E-state index in [9.17, 15) is 0 Å². The van der Waals surface area contributed by atoms with E-state index in [-0.39, 0.29) is 11.5 Å². The fourth-order valence-corrected chi connectivity index (χ4v) is 2.37. The Bertz CT molecular complexity index is 218. The molecule has 2 unspecified atom stereocenters. The van der Waals surface area contributed by atoms with Crippen LogP contribution in [0.3, 0.4) is 0 Å². The lowest BCUT2D eigenvalue weighted by Crippen LogP contribution is -2.47. The van der Waals surface area contributed by atoms with Gasteiger partial charge in [0.05, 0.1) is 13.2 Å². The van der Waals surface area contributed by atoms with Crippen LogP contribution in [-0.2, 0) is 4.74 Å². The normalized spacial score (nSPS) is 36.4. The quantitative estimate of drug-likeness (QED) is 0.741. The summed E-state index contributed by atoms with van der Waals surface area (Å²) in [6.45, 7) is 9.57. The Hall–Kier alpha value is -0.120. The van der Waals surface area contributed by atoms with Gasteiger partial charge < -0.3 is 15.4 Å².